The van der Waals surface area contributed by atoms with Gasteiger partial charge in [-0.3, -0.25) is 4.79 Å². The number of carbonyl (C=O) groups excluding carboxylic acids is 1. The molecule has 1 N–H and O–H groups in total. The van der Waals surface area contributed by atoms with Crippen LogP contribution in [0.25, 0.3) is 16.7 Å². The summed E-state index contributed by atoms with van der Waals surface area (Å²) in [7, 11) is 0. The predicted octanol–water partition coefficient (Wildman–Crippen LogP) is 4.74. The van der Waals surface area contributed by atoms with Crippen LogP contribution < -0.4 is 5.32 Å². The predicted molar refractivity (Wildman–Crippen MR) is 106 cm³/mol. The molecule has 0 bridgehead atoms. The van der Waals surface area contributed by atoms with E-state index in [1.807, 2.05) is 61.5 Å². The number of carbonyl (C=O) groups is 1. The van der Waals surface area contributed by atoms with Gasteiger partial charge in [-0.1, -0.05) is 40.2 Å². The smallest absolute Gasteiger partial charge is 0.256 e. The Bertz CT molecular complexity index is 1120. The molecule has 0 aliphatic carbocycles. The third-order valence-electron chi connectivity index (χ3n) is 3.96. The van der Waals surface area contributed by atoms with Gasteiger partial charge in [-0.15, -0.1) is 0 Å². The molecule has 4 aromatic rings. The number of para-hydroxylation sites is 1. The van der Waals surface area contributed by atoms with E-state index in [1.165, 1.54) is 0 Å². The van der Waals surface area contributed by atoms with E-state index in [0.717, 1.165) is 21.1 Å². The fraction of sp³-hybridized carbons (Fsp3) is 0.0500. The summed E-state index contributed by atoms with van der Waals surface area (Å²) >= 11 is 3.39. The number of pyridine rings is 1. The maximum absolute atomic E-state index is 12.6. The number of benzene rings is 2. The lowest BCUT2D eigenvalue weighted by molar-refractivity contribution is 0.102. The molecule has 0 atom stereocenters. The van der Waals surface area contributed by atoms with Crippen LogP contribution in [0.4, 0.5) is 5.82 Å². The lowest BCUT2D eigenvalue weighted by Gasteiger charge is -2.09. The van der Waals surface area contributed by atoms with E-state index in [-0.39, 0.29) is 5.91 Å². The first kappa shape index (κ1) is 16.5. The lowest BCUT2D eigenvalue weighted by Crippen LogP contribution is -2.15. The quantitative estimate of drug-likeness (QED) is 0.534. The first-order valence-electron chi connectivity index (χ1n) is 8.10. The highest BCUT2D eigenvalue weighted by atomic mass is 79.9. The fourth-order valence-corrected chi connectivity index (χ4v) is 3.15. The van der Waals surface area contributed by atoms with Crippen molar-refractivity contribution in [3.05, 3.63) is 82.5 Å². The molecule has 26 heavy (non-hydrogen) atoms. The van der Waals surface area contributed by atoms with Crippen molar-refractivity contribution in [2.45, 2.75) is 6.92 Å². The molecule has 0 spiro atoms. The molecular weight excluding hydrogens is 392 g/mol. The van der Waals surface area contributed by atoms with Gasteiger partial charge in [0, 0.05) is 21.5 Å². The Balaban J connectivity index is 1.71. The first-order chi connectivity index (χ1) is 12.6. The summed E-state index contributed by atoms with van der Waals surface area (Å²) in [4.78, 5) is 17.2. The normalized spacial score (nSPS) is 10.8. The van der Waals surface area contributed by atoms with Gasteiger partial charge in [0.05, 0.1) is 11.2 Å². The summed E-state index contributed by atoms with van der Waals surface area (Å²) in [5.41, 5.74) is 2.24. The zero-order valence-corrected chi connectivity index (χ0v) is 15.6. The van der Waals surface area contributed by atoms with Crippen molar-refractivity contribution in [2.24, 2.45) is 0 Å². The minimum Gasteiger partial charge on any atom is -0.306 e. The Hall–Kier alpha value is -2.99. The van der Waals surface area contributed by atoms with Gasteiger partial charge in [-0.2, -0.15) is 9.78 Å². The first-order valence-corrected chi connectivity index (χ1v) is 8.89. The van der Waals surface area contributed by atoms with Gasteiger partial charge in [0.2, 0.25) is 0 Å². The van der Waals surface area contributed by atoms with Gasteiger partial charge >= 0.3 is 0 Å². The minimum atomic E-state index is -0.201. The van der Waals surface area contributed by atoms with Gasteiger partial charge in [0.25, 0.3) is 5.91 Å². The van der Waals surface area contributed by atoms with Crippen molar-refractivity contribution in [2.75, 3.05) is 5.32 Å². The highest BCUT2D eigenvalue weighted by Gasteiger charge is 2.13. The molecule has 0 radical (unpaired) electrons. The van der Waals surface area contributed by atoms with Gasteiger partial charge in [-0.25, -0.2) is 4.98 Å². The average molecular weight is 407 g/mol. The summed E-state index contributed by atoms with van der Waals surface area (Å²) in [6.07, 6.45) is 0. The summed E-state index contributed by atoms with van der Waals surface area (Å²) < 4.78 is 2.50. The molecule has 2 aromatic carbocycles. The molecule has 1 amide bonds. The van der Waals surface area contributed by atoms with Crippen molar-refractivity contribution in [3.8, 4) is 5.82 Å². The Kier molecular flexibility index (Phi) is 4.26. The molecule has 0 fully saturated rings. The van der Waals surface area contributed by atoms with Crippen molar-refractivity contribution in [1.82, 2.24) is 14.8 Å². The summed E-state index contributed by atoms with van der Waals surface area (Å²) in [5.74, 6) is 1.03. The molecule has 6 heteroatoms. The number of aryl methyl sites for hydroxylation is 1. The van der Waals surface area contributed by atoms with Gasteiger partial charge in [0.15, 0.2) is 5.82 Å². The van der Waals surface area contributed by atoms with Crippen molar-refractivity contribution in [3.63, 3.8) is 0 Å². The largest absolute Gasteiger partial charge is 0.306 e. The number of hydrogen-bond acceptors (Lipinski definition) is 3. The van der Waals surface area contributed by atoms with Crippen LogP contribution in [0.15, 0.2) is 71.2 Å². The van der Waals surface area contributed by atoms with Crippen LogP contribution in [0, 0.1) is 6.92 Å². The molecule has 0 aliphatic rings. The third-order valence-corrected chi connectivity index (χ3v) is 4.45. The molecular formula is C20H15BrN4O. The number of nitrogens with one attached hydrogen (secondary N) is 1. The Morgan fingerprint density at radius 1 is 1.04 bits per heavy atom. The van der Waals surface area contributed by atoms with E-state index in [9.17, 15) is 4.79 Å². The average Bonchev–Trinajstić information content (AvgIpc) is 3.01. The Morgan fingerprint density at radius 2 is 1.88 bits per heavy atom. The molecule has 0 aliphatic heterocycles. The van der Waals surface area contributed by atoms with Gasteiger partial charge in [-0.05, 0) is 43.3 Å². The number of halogens is 1. The van der Waals surface area contributed by atoms with E-state index in [4.69, 9.17) is 0 Å². The van der Waals surface area contributed by atoms with Crippen molar-refractivity contribution in [1.29, 1.82) is 0 Å². The zero-order chi connectivity index (χ0) is 18.1. The van der Waals surface area contributed by atoms with Gasteiger partial charge < -0.3 is 5.32 Å². The number of aromatic nitrogens is 3. The SMILES string of the molecule is Cc1cc(NC(=O)c2cccc(Br)c2)n(-c2ccc3ccccc3n2)n1. The summed E-state index contributed by atoms with van der Waals surface area (Å²) in [6.45, 7) is 1.88. The zero-order valence-electron chi connectivity index (χ0n) is 14.0. The minimum absolute atomic E-state index is 0.201. The monoisotopic (exact) mass is 406 g/mol. The van der Waals surface area contributed by atoms with E-state index < -0.39 is 0 Å². The van der Waals surface area contributed by atoms with E-state index in [0.29, 0.717) is 17.2 Å². The maximum Gasteiger partial charge on any atom is 0.256 e. The second-order valence-corrected chi connectivity index (χ2v) is 6.83. The second-order valence-electron chi connectivity index (χ2n) is 5.91. The molecule has 0 saturated carbocycles. The second kappa shape index (κ2) is 6.72. The number of fused-ring (bicyclic) bond motifs is 1. The summed E-state index contributed by atoms with van der Waals surface area (Å²) in [6, 6.07) is 20.8. The molecule has 4 rings (SSSR count). The number of nitrogens with zero attached hydrogens (tertiary/aromatic N) is 3. The number of amides is 1. The number of anilines is 1. The van der Waals surface area contributed by atoms with E-state index in [1.54, 1.807) is 16.8 Å². The fourth-order valence-electron chi connectivity index (χ4n) is 2.75. The maximum atomic E-state index is 12.6. The molecule has 2 heterocycles. The topological polar surface area (TPSA) is 59.8 Å². The van der Waals surface area contributed by atoms with Crippen molar-refractivity contribution < 1.29 is 4.79 Å². The molecule has 128 valence electrons. The van der Waals surface area contributed by atoms with E-state index >= 15 is 0 Å². The van der Waals surface area contributed by atoms with Crippen LogP contribution in [0.3, 0.4) is 0 Å². The van der Waals surface area contributed by atoms with Crippen LogP contribution in [0.1, 0.15) is 16.1 Å². The Morgan fingerprint density at radius 3 is 2.73 bits per heavy atom. The highest BCUT2D eigenvalue weighted by Crippen LogP contribution is 2.20. The molecule has 0 unspecified atom stereocenters. The van der Waals surface area contributed by atoms with Gasteiger partial charge in [0.1, 0.15) is 5.82 Å². The Labute approximate surface area is 158 Å². The number of rotatable bonds is 3. The van der Waals surface area contributed by atoms with Crippen LogP contribution in [0.5, 0.6) is 0 Å². The van der Waals surface area contributed by atoms with Crippen LogP contribution in [-0.4, -0.2) is 20.7 Å². The lowest BCUT2D eigenvalue weighted by atomic mass is 10.2. The molecule has 5 nitrogen and oxygen atoms in total. The molecule has 2 aromatic heterocycles. The molecule has 0 saturated heterocycles. The van der Waals surface area contributed by atoms with Crippen molar-refractivity contribution >= 4 is 38.6 Å². The summed E-state index contributed by atoms with van der Waals surface area (Å²) in [5, 5.41) is 8.46. The van der Waals surface area contributed by atoms with Crippen LogP contribution >= 0.6 is 15.9 Å². The van der Waals surface area contributed by atoms with E-state index in [2.05, 4.69) is 31.3 Å². The third kappa shape index (κ3) is 3.23. The number of hydrogen-bond donors (Lipinski definition) is 1. The van der Waals surface area contributed by atoms with Crippen LogP contribution in [-0.2, 0) is 0 Å². The van der Waals surface area contributed by atoms with Crippen LogP contribution in [0.2, 0.25) is 0 Å². The standard InChI is InChI=1S/C20H15BrN4O/c1-13-11-19(23-20(26)15-6-4-7-16(21)12-15)25(24-13)18-10-9-14-5-2-3-8-17(14)22-18/h2-12H,1H3,(H,23,26). The highest BCUT2D eigenvalue weighted by molar-refractivity contribution is 9.10.